The smallest absolute Gasteiger partial charge is 0.0949 e. The first-order chi connectivity index (χ1) is 6.79. The van der Waals surface area contributed by atoms with Gasteiger partial charge >= 0.3 is 0 Å². The third-order valence-electron chi connectivity index (χ3n) is 2.73. The SMILES string of the molecule is CC1CCC(Cn2cncc2CN)O1. The molecular weight excluding hydrogens is 178 g/mol. The molecule has 1 saturated heterocycles. The summed E-state index contributed by atoms with van der Waals surface area (Å²) >= 11 is 0. The van der Waals surface area contributed by atoms with E-state index in [4.69, 9.17) is 10.5 Å². The Morgan fingerprint density at radius 3 is 3.14 bits per heavy atom. The molecule has 0 aromatic carbocycles. The van der Waals surface area contributed by atoms with E-state index in [-0.39, 0.29) is 0 Å². The zero-order valence-corrected chi connectivity index (χ0v) is 8.52. The van der Waals surface area contributed by atoms with Crippen LogP contribution in [-0.2, 0) is 17.8 Å². The van der Waals surface area contributed by atoms with Gasteiger partial charge in [0, 0.05) is 12.7 Å². The number of nitrogens with two attached hydrogens (primary N) is 1. The van der Waals surface area contributed by atoms with Crippen molar-refractivity contribution in [1.29, 1.82) is 0 Å². The van der Waals surface area contributed by atoms with Gasteiger partial charge in [0.1, 0.15) is 0 Å². The van der Waals surface area contributed by atoms with Crippen molar-refractivity contribution in [3.05, 3.63) is 18.2 Å². The van der Waals surface area contributed by atoms with Crippen molar-refractivity contribution >= 4 is 0 Å². The molecule has 4 heteroatoms. The number of ether oxygens (including phenoxy) is 1. The first-order valence-corrected chi connectivity index (χ1v) is 5.14. The van der Waals surface area contributed by atoms with Crippen LogP contribution in [0.1, 0.15) is 25.5 Å². The van der Waals surface area contributed by atoms with Crippen LogP contribution in [0.2, 0.25) is 0 Å². The van der Waals surface area contributed by atoms with Crippen LogP contribution in [0.3, 0.4) is 0 Å². The normalized spacial score (nSPS) is 27.0. The molecule has 0 saturated carbocycles. The summed E-state index contributed by atoms with van der Waals surface area (Å²) in [6.45, 7) is 3.55. The topological polar surface area (TPSA) is 53.1 Å². The third kappa shape index (κ3) is 1.96. The number of hydrogen-bond acceptors (Lipinski definition) is 3. The predicted molar refractivity (Wildman–Crippen MR) is 53.7 cm³/mol. The van der Waals surface area contributed by atoms with Crippen LogP contribution in [-0.4, -0.2) is 21.8 Å². The van der Waals surface area contributed by atoms with E-state index in [1.807, 2.05) is 12.5 Å². The quantitative estimate of drug-likeness (QED) is 0.780. The van der Waals surface area contributed by atoms with Crippen molar-refractivity contribution in [2.45, 2.75) is 45.1 Å². The van der Waals surface area contributed by atoms with Gasteiger partial charge in [-0.2, -0.15) is 0 Å². The molecule has 0 aliphatic carbocycles. The average molecular weight is 195 g/mol. The van der Waals surface area contributed by atoms with Gasteiger partial charge in [-0.15, -0.1) is 0 Å². The second-order valence-corrected chi connectivity index (χ2v) is 3.89. The minimum Gasteiger partial charge on any atom is -0.373 e. The van der Waals surface area contributed by atoms with Crippen LogP contribution < -0.4 is 5.73 Å². The van der Waals surface area contributed by atoms with Gasteiger partial charge in [-0.25, -0.2) is 4.98 Å². The molecule has 2 rings (SSSR count). The number of aromatic nitrogens is 2. The first-order valence-electron chi connectivity index (χ1n) is 5.14. The summed E-state index contributed by atoms with van der Waals surface area (Å²) in [5, 5.41) is 0. The van der Waals surface area contributed by atoms with E-state index >= 15 is 0 Å². The highest BCUT2D eigenvalue weighted by molar-refractivity contribution is 4.97. The summed E-state index contributed by atoms with van der Waals surface area (Å²) in [4.78, 5) is 4.08. The van der Waals surface area contributed by atoms with Crippen LogP contribution in [0.15, 0.2) is 12.5 Å². The lowest BCUT2D eigenvalue weighted by Crippen LogP contribution is -2.18. The average Bonchev–Trinajstić information content (AvgIpc) is 2.76. The van der Waals surface area contributed by atoms with E-state index in [9.17, 15) is 0 Å². The number of nitrogens with zero attached hydrogens (tertiary/aromatic N) is 2. The van der Waals surface area contributed by atoms with E-state index in [2.05, 4.69) is 16.5 Å². The Bertz CT molecular complexity index is 297. The van der Waals surface area contributed by atoms with Crippen LogP contribution >= 0.6 is 0 Å². The maximum atomic E-state index is 5.74. The molecule has 2 unspecified atom stereocenters. The van der Waals surface area contributed by atoms with Gasteiger partial charge in [0.15, 0.2) is 0 Å². The number of imidazole rings is 1. The maximum Gasteiger partial charge on any atom is 0.0949 e. The summed E-state index contributed by atoms with van der Waals surface area (Å²) < 4.78 is 7.83. The molecule has 78 valence electrons. The van der Waals surface area contributed by atoms with Crippen LogP contribution in [0.4, 0.5) is 0 Å². The van der Waals surface area contributed by atoms with E-state index in [0.717, 1.165) is 25.1 Å². The fraction of sp³-hybridized carbons (Fsp3) is 0.700. The van der Waals surface area contributed by atoms with Gasteiger partial charge in [0.2, 0.25) is 0 Å². The summed E-state index contributed by atoms with van der Waals surface area (Å²) in [6, 6.07) is 0. The Balaban J connectivity index is 1.97. The fourth-order valence-corrected chi connectivity index (χ4v) is 1.92. The van der Waals surface area contributed by atoms with E-state index in [0.29, 0.717) is 18.8 Å². The van der Waals surface area contributed by atoms with Gasteiger partial charge in [-0.3, -0.25) is 0 Å². The van der Waals surface area contributed by atoms with Crippen molar-refractivity contribution in [3.8, 4) is 0 Å². The highest BCUT2D eigenvalue weighted by atomic mass is 16.5. The van der Waals surface area contributed by atoms with Crippen molar-refractivity contribution in [1.82, 2.24) is 9.55 Å². The summed E-state index contributed by atoms with van der Waals surface area (Å²) in [5.41, 5.74) is 6.67. The second kappa shape index (κ2) is 4.11. The monoisotopic (exact) mass is 195 g/mol. The van der Waals surface area contributed by atoms with E-state index in [1.165, 1.54) is 0 Å². The Hall–Kier alpha value is -0.870. The van der Waals surface area contributed by atoms with Crippen LogP contribution in [0, 0.1) is 0 Å². The van der Waals surface area contributed by atoms with Crippen molar-refractivity contribution in [2.75, 3.05) is 0 Å². The molecule has 1 aliphatic heterocycles. The zero-order chi connectivity index (χ0) is 9.97. The highest BCUT2D eigenvalue weighted by Crippen LogP contribution is 2.20. The third-order valence-corrected chi connectivity index (χ3v) is 2.73. The molecule has 0 bridgehead atoms. The molecule has 2 N–H and O–H groups in total. The Labute approximate surface area is 84.1 Å². The molecule has 1 aliphatic rings. The molecule has 2 atom stereocenters. The standard InChI is InChI=1S/C10H17N3O/c1-8-2-3-10(14-8)6-13-7-12-5-9(13)4-11/h5,7-8,10H,2-4,6,11H2,1H3. The minimum absolute atomic E-state index is 0.337. The summed E-state index contributed by atoms with van der Waals surface area (Å²) in [5.74, 6) is 0. The van der Waals surface area contributed by atoms with Gasteiger partial charge < -0.3 is 15.0 Å². The first kappa shape index (κ1) is 9.68. The van der Waals surface area contributed by atoms with Gasteiger partial charge in [0.05, 0.1) is 30.8 Å². The fourth-order valence-electron chi connectivity index (χ4n) is 1.92. The Kier molecular flexibility index (Phi) is 2.84. The molecule has 0 radical (unpaired) electrons. The highest BCUT2D eigenvalue weighted by Gasteiger charge is 2.22. The number of hydrogen-bond donors (Lipinski definition) is 1. The lowest BCUT2D eigenvalue weighted by atomic mass is 10.2. The van der Waals surface area contributed by atoms with Gasteiger partial charge in [-0.05, 0) is 19.8 Å². The van der Waals surface area contributed by atoms with E-state index < -0.39 is 0 Å². The van der Waals surface area contributed by atoms with Gasteiger partial charge in [0.25, 0.3) is 0 Å². The number of rotatable bonds is 3. The van der Waals surface area contributed by atoms with E-state index in [1.54, 1.807) is 0 Å². The second-order valence-electron chi connectivity index (χ2n) is 3.89. The zero-order valence-electron chi connectivity index (χ0n) is 8.52. The lowest BCUT2D eigenvalue weighted by molar-refractivity contribution is 0.0453. The van der Waals surface area contributed by atoms with Gasteiger partial charge in [-0.1, -0.05) is 0 Å². The van der Waals surface area contributed by atoms with Crippen molar-refractivity contribution < 1.29 is 4.74 Å². The molecule has 0 spiro atoms. The largest absolute Gasteiger partial charge is 0.373 e. The van der Waals surface area contributed by atoms with Crippen molar-refractivity contribution in [2.24, 2.45) is 5.73 Å². The Morgan fingerprint density at radius 2 is 2.50 bits per heavy atom. The molecule has 2 heterocycles. The molecule has 0 amide bonds. The lowest BCUT2D eigenvalue weighted by Gasteiger charge is -2.13. The molecule has 14 heavy (non-hydrogen) atoms. The molecule has 1 aromatic rings. The van der Waals surface area contributed by atoms with Crippen LogP contribution in [0.25, 0.3) is 0 Å². The minimum atomic E-state index is 0.337. The summed E-state index contributed by atoms with van der Waals surface area (Å²) in [6.07, 6.45) is 6.70. The Morgan fingerprint density at radius 1 is 1.64 bits per heavy atom. The summed E-state index contributed by atoms with van der Waals surface area (Å²) in [7, 11) is 0. The molecular formula is C10H17N3O. The molecule has 1 aromatic heterocycles. The maximum absolute atomic E-state index is 5.74. The van der Waals surface area contributed by atoms with Crippen molar-refractivity contribution in [3.63, 3.8) is 0 Å². The molecule has 1 fully saturated rings. The van der Waals surface area contributed by atoms with Crippen LogP contribution in [0.5, 0.6) is 0 Å². The predicted octanol–water partition coefficient (Wildman–Crippen LogP) is 0.909. The molecule has 4 nitrogen and oxygen atoms in total.